The molecule has 94 valence electrons. The predicted molar refractivity (Wildman–Crippen MR) is 62.0 cm³/mol. The Morgan fingerprint density at radius 1 is 1.44 bits per heavy atom. The van der Waals surface area contributed by atoms with E-state index in [1.165, 1.54) is 0 Å². The fourth-order valence-corrected chi connectivity index (χ4v) is 1.71. The molecule has 16 heavy (non-hydrogen) atoms. The second-order valence-corrected chi connectivity index (χ2v) is 4.21. The Morgan fingerprint density at radius 2 is 1.94 bits per heavy atom. The lowest BCUT2D eigenvalue weighted by Gasteiger charge is -2.20. The summed E-state index contributed by atoms with van der Waals surface area (Å²) in [7, 11) is 0. The van der Waals surface area contributed by atoms with E-state index in [1.807, 2.05) is 6.92 Å². The quantitative estimate of drug-likeness (QED) is 0.564. The van der Waals surface area contributed by atoms with Crippen molar-refractivity contribution in [1.82, 2.24) is 0 Å². The van der Waals surface area contributed by atoms with Crippen molar-refractivity contribution in [2.24, 2.45) is 16.9 Å². The molecule has 1 fully saturated rings. The van der Waals surface area contributed by atoms with Gasteiger partial charge in [-0.25, -0.2) is 0 Å². The van der Waals surface area contributed by atoms with Crippen molar-refractivity contribution >= 4 is 24.1 Å². The Bertz CT molecular complexity index is 279. The Hall–Kier alpha value is -0.650. The van der Waals surface area contributed by atoms with Crippen LogP contribution in [0.5, 0.6) is 0 Å². The Kier molecular flexibility index (Phi) is 5.38. The summed E-state index contributed by atoms with van der Waals surface area (Å²) in [6.45, 7) is 1.91. The molecule has 1 saturated carbocycles. The van der Waals surface area contributed by atoms with Crippen molar-refractivity contribution in [2.45, 2.75) is 44.8 Å². The minimum absolute atomic E-state index is 0. The molecular weight excluding hydrogens is 232 g/mol. The molecule has 6 heteroatoms. The van der Waals surface area contributed by atoms with E-state index in [0.29, 0.717) is 19.3 Å². The van der Waals surface area contributed by atoms with Gasteiger partial charge in [0.1, 0.15) is 11.5 Å². The summed E-state index contributed by atoms with van der Waals surface area (Å²) in [5, 5.41) is 9.66. The molecule has 0 bridgehead atoms. The number of amides is 1. The second kappa shape index (κ2) is 5.61. The van der Waals surface area contributed by atoms with Gasteiger partial charge in [0.15, 0.2) is 5.78 Å². The maximum absolute atomic E-state index is 11.8. The number of halogens is 1. The third-order valence-electron chi connectivity index (χ3n) is 2.99. The number of hydrogen-bond acceptors (Lipinski definition) is 4. The highest BCUT2D eigenvalue weighted by atomic mass is 35.5. The average molecular weight is 251 g/mol. The largest absolute Gasteiger partial charge is 0.384 e. The molecule has 1 rings (SSSR count). The molecule has 5 N–H and O–H groups in total. The van der Waals surface area contributed by atoms with E-state index in [2.05, 4.69) is 0 Å². The van der Waals surface area contributed by atoms with E-state index in [4.69, 9.17) is 11.5 Å². The number of hydrogen-bond donors (Lipinski definition) is 3. The van der Waals surface area contributed by atoms with Crippen LogP contribution in [-0.4, -0.2) is 28.9 Å². The molecule has 0 radical (unpaired) electrons. The molecule has 0 aromatic heterocycles. The van der Waals surface area contributed by atoms with E-state index in [-0.39, 0.29) is 12.4 Å². The molecule has 1 aliphatic rings. The smallest absolute Gasteiger partial charge is 0.231 e. The first kappa shape index (κ1) is 15.3. The number of carbonyl (C=O) groups is 2. The van der Waals surface area contributed by atoms with Gasteiger partial charge >= 0.3 is 0 Å². The molecule has 1 amide bonds. The molecule has 0 spiro atoms. The van der Waals surface area contributed by atoms with Gasteiger partial charge in [-0.15, -0.1) is 12.4 Å². The predicted octanol–water partition coefficient (Wildman–Crippen LogP) is -0.269. The molecule has 0 aromatic rings. The highest BCUT2D eigenvalue weighted by molar-refractivity contribution is 6.10. The number of nitrogens with two attached hydrogens (primary N) is 2. The number of rotatable bonds is 6. The van der Waals surface area contributed by atoms with Gasteiger partial charge in [-0.3, -0.25) is 9.59 Å². The Morgan fingerprint density at radius 3 is 2.25 bits per heavy atom. The molecular formula is C10H19ClN2O3. The van der Waals surface area contributed by atoms with E-state index in [1.54, 1.807) is 0 Å². The number of Topliss-reactive ketones (excluding diaryl/α,β-unsaturated/α-hetero) is 1. The lowest BCUT2D eigenvalue weighted by molar-refractivity contribution is -0.140. The fraction of sp³-hybridized carbons (Fsp3) is 0.800. The summed E-state index contributed by atoms with van der Waals surface area (Å²) in [4.78, 5) is 22.8. The highest BCUT2D eigenvalue weighted by Gasteiger charge is 2.57. The minimum atomic E-state index is -1.26. The highest BCUT2D eigenvalue weighted by Crippen LogP contribution is 2.47. The minimum Gasteiger partial charge on any atom is -0.384 e. The van der Waals surface area contributed by atoms with E-state index >= 15 is 0 Å². The first-order chi connectivity index (χ1) is 6.95. The zero-order chi connectivity index (χ0) is 11.6. The van der Waals surface area contributed by atoms with Crippen LogP contribution in [0.4, 0.5) is 0 Å². The number of primary amides is 1. The Labute approximate surface area is 101 Å². The molecule has 0 aromatic carbocycles. The molecule has 0 aliphatic heterocycles. The third-order valence-corrected chi connectivity index (χ3v) is 2.99. The summed E-state index contributed by atoms with van der Waals surface area (Å²) < 4.78 is 0. The molecule has 0 heterocycles. The third kappa shape index (κ3) is 2.72. The van der Waals surface area contributed by atoms with Crippen LogP contribution in [-0.2, 0) is 9.59 Å². The van der Waals surface area contributed by atoms with E-state index in [9.17, 15) is 14.7 Å². The van der Waals surface area contributed by atoms with Crippen molar-refractivity contribution in [1.29, 1.82) is 0 Å². The fourth-order valence-electron chi connectivity index (χ4n) is 1.71. The van der Waals surface area contributed by atoms with Crippen LogP contribution in [0, 0.1) is 5.41 Å². The second-order valence-electron chi connectivity index (χ2n) is 4.21. The van der Waals surface area contributed by atoms with Crippen LogP contribution in [0.1, 0.15) is 32.6 Å². The topological polar surface area (TPSA) is 106 Å². The maximum Gasteiger partial charge on any atom is 0.231 e. The standard InChI is InChI=1S/C10H18N2O3.ClH/c1-2-3-6(11)7(13)8(14)10(4-5-10)9(12)15;/h6-7,13H,2-5,11H2,1H3,(H2,12,15);1H/t6-,7-;/m0./s1. The van der Waals surface area contributed by atoms with Gasteiger partial charge in [0.05, 0.1) is 0 Å². The van der Waals surface area contributed by atoms with E-state index in [0.717, 1.165) is 6.42 Å². The maximum atomic E-state index is 11.8. The molecule has 1 aliphatic carbocycles. The van der Waals surface area contributed by atoms with Crippen molar-refractivity contribution < 1.29 is 14.7 Å². The summed E-state index contributed by atoms with van der Waals surface area (Å²) in [5.41, 5.74) is 9.64. The lowest BCUT2D eigenvalue weighted by atomic mass is 9.91. The van der Waals surface area contributed by atoms with Crippen LogP contribution in [0.25, 0.3) is 0 Å². The number of ketones is 1. The summed E-state index contributed by atoms with van der Waals surface area (Å²) >= 11 is 0. The summed E-state index contributed by atoms with van der Waals surface area (Å²) in [6, 6.07) is -0.598. The van der Waals surface area contributed by atoms with Gasteiger partial charge in [-0.1, -0.05) is 13.3 Å². The van der Waals surface area contributed by atoms with Crippen LogP contribution in [0.2, 0.25) is 0 Å². The van der Waals surface area contributed by atoms with Crippen molar-refractivity contribution in [3.05, 3.63) is 0 Å². The zero-order valence-electron chi connectivity index (χ0n) is 9.31. The van der Waals surface area contributed by atoms with Crippen molar-refractivity contribution in [3.63, 3.8) is 0 Å². The Balaban J connectivity index is 0.00000225. The van der Waals surface area contributed by atoms with Crippen LogP contribution >= 0.6 is 12.4 Å². The first-order valence-corrected chi connectivity index (χ1v) is 5.23. The van der Waals surface area contributed by atoms with E-state index < -0.39 is 29.3 Å². The molecule has 2 atom stereocenters. The zero-order valence-corrected chi connectivity index (χ0v) is 10.1. The first-order valence-electron chi connectivity index (χ1n) is 5.23. The van der Waals surface area contributed by atoms with Gasteiger partial charge in [0.25, 0.3) is 0 Å². The number of aliphatic hydroxyl groups excluding tert-OH is 1. The lowest BCUT2D eigenvalue weighted by Crippen LogP contribution is -2.47. The van der Waals surface area contributed by atoms with Gasteiger partial charge in [0, 0.05) is 6.04 Å². The average Bonchev–Trinajstić information content (AvgIpc) is 2.96. The number of carbonyl (C=O) groups excluding carboxylic acids is 2. The van der Waals surface area contributed by atoms with Gasteiger partial charge in [-0.05, 0) is 19.3 Å². The summed E-state index contributed by atoms with van der Waals surface area (Å²) in [6.07, 6.45) is 0.963. The number of aliphatic hydroxyl groups is 1. The van der Waals surface area contributed by atoms with Gasteiger partial charge in [0.2, 0.25) is 5.91 Å². The monoisotopic (exact) mass is 250 g/mol. The molecule has 5 nitrogen and oxygen atoms in total. The SMILES string of the molecule is CCC[C@H](N)[C@H](O)C(=O)C1(C(N)=O)CC1.Cl. The summed E-state index contributed by atoms with van der Waals surface area (Å²) in [5.74, 6) is -1.15. The molecule has 0 unspecified atom stereocenters. The van der Waals surface area contributed by atoms with Gasteiger partial charge in [-0.2, -0.15) is 0 Å². The van der Waals surface area contributed by atoms with Crippen molar-refractivity contribution in [3.8, 4) is 0 Å². The van der Waals surface area contributed by atoms with Crippen molar-refractivity contribution in [2.75, 3.05) is 0 Å². The van der Waals surface area contributed by atoms with Crippen LogP contribution in [0.15, 0.2) is 0 Å². The van der Waals surface area contributed by atoms with Crippen LogP contribution < -0.4 is 11.5 Å². The normalized spacial score (nSPS) is 20.4. The van der Waals surface area contributed by atoms with Crippen LogP contribution in [0.3, 0.4) is 0 Å². The van der Waals surface area contributed by atoms with Gasteiger partial charge < -0.3 is 16.6 Å². The molecule has 0 saturated heterocycles.